The van der Waals surface area contributed by atoms with Gasteiger partial charge in [0.2, 0.25) is 5.91 Å². The van der Waals surface area contributed by atoms with Crippen LogP contribution in [0.5, 0.6) is 0 Å². The number of amides is 1. The van der Waals surface area contributed by atoms with Crippen molar-refractivity contribution in [1.29, 1.82) is 0 Å². The molecule has 0 spiro atoms. The smallest absolute Gasteiger partial charge is 0.221 e. The van der Waals surface area contributed by atoms with Crippen LogP contribution in [-0.4, -0.2) is 12.5 Å². The maximum absolute atomic E-state index is 11.0. The molecule has 0 saturated heterocycles. The number of unbranched alkanes of at least 4 members (excludes halogenated alkanes) is 5. The Kier molecular flexibility index (Phi) is 7.71. The number of hydrogen-bond acceptors (Lipinski definition) is 2. The third kappa shape index (κ3) is 6.85. The van der Waals surface area contributed by atoms with E-state index in [9.17, 15) is 4.79 Å². The highest BCUT2D eigenvalue weighted by atomic mass is 16.1. The highest BCUT2D eigenvalue weighted by molar-refractivity contribution is 5.78. The maximum Gasteiger partial charge on any atom is 0.221 e. The molecule has 3 heteroatoms. The molecule has 0 aliphatic rings. The van der Waals surface area contributed by atoms with Gasteiger partial charge in [0.15, 0.2) is 0 Å². The minimum absolute atomic E-state index is 0.284. The Labute approximate surface area is 116 Å². The fourth-order valence-electron chi connectivity index (χ4n) is 2.16. The average molecular weight is 262 g/mol. The first-order chi connectivity index (χ1) is 9.24. The number of nitrogens with two attached hydrogens (primary N) is 1. The summed E-state index contributed by atoms with van der Waals surface area (Å²) in [6.07, 6.45) is 8.04. The van der Waals surface area contributed by atoms with E-state index in [1.165, 1.54) is 38.5 Å². The number of carbonyl (C=O) groups excluding carboxylic acids is 1. The number of hydrogen-bond donors (Lipinski definition) is 2. The van der Waals surface area contributed by atoms with Gasteiger partial charge in [-0.2, -0.15) is 0 Å². The van der Waals surface area contributed by atoms with Gasteiger partial charge in [-0.25, -0.2) is 0 Å². The highest BCUT2D eigenvalue weighted by Gasteiger charge is 2.03. The van der Waals surface area contributed by atoms with E-state index in [0.717, 1.165) is 17.8 Å². The van der Waals surface area contributed by atoms with Crippen LogP contribution >= 0.6 is 0 Å². The predicted molar refractivity (Wildman–Crippen MR) is 81.2 cm³/mol. The van der Waals surface area contributed by atoms with Crippen molar-refractivity contribution in [3.8, 4) is 0 Å². The molecular weight excluding hydrogens is 236 g/mol. The van der Waals surface area contributed by atoms with Gasteiger partial charge < -0.3 is 11.1 Å². The van der Waals surface area contributed by atoms with Crippen molar-refractivity contribution in [3.63, 3.8) is 0 Å². The summed E-state index contributed by atoms with van der Waals surface area (Å²) in [5.74, 6) is -0.284. The van der Waals surface area contributed by atoms with E-state index in [1.54, 1.807) is 0 Å². The van der Waals surface area contributed by atoms with E-state index in [-0.39, 0.29) is 5.91 Å². The fraction of sp³-hybridized carbons (Fsp3) is 0.562. The molecule has 0 unspecified atom stereocenters. The van der Waals surface area contributed by atoms with E-state index in [1.807, 2.05) is 24.3 Å². The SMILES string of the molecule is CCCCCCCCNc1ccccc1CC(N)=O. The van der Waals surface area contributed by atoms with Crippen molar-refractivity contribution >= 4 is 11.6 Å². The van der Waals surface area contributed by atoms with Crippen LogP contribution in [0.3, 0.4) is 0 Å². The Morgan fingerprint density at radius 2 is 1.79 bits per heavy atom. The van der Waals surface area contributed by atoms with Gasteiger partial charge in [0.25, 0.3) is 0 Å². The number of para-hydroxylation sites is 1. The molecule has 1 rings (SSSR count). The average Bonchev–Trinajstić information content (AvgIpc) is 2.39. The fourth-order valence-corrected chi connectivity index (χ4v) is 2.16. The first-order valence-electron chi connectivity index (χ1n) is 7.34. The van der Waals surface area contributed by atoms with Crippen molar-refractivity contribution in [2.75, 3.05) is 11.9 Å². The molecule has 0 saturated carbocycles. The molecule has 0 atom stereocenters. The van der Waals surface area contributed by atoms with Gasteiger partial charge in [-0.3, -0.25) is 4.79 Å². The molecule has 0 bridgehead atoms. The summed E-state index contributed by atoms with van der Waals surface area (Å²) in [6.45, 7) is 3.19. The molecule has 0 aliphatic carbocycles. The normalized spacial score (nSPS) is 10.4. The van der Waals surface area contributed by atoms with Crippen LogP contribution in [0.1, 0.15) is 51.0 Å². The number of anilines is 1. The monoisotopic (exact) mass is 262 g/mol. The Bertz CT molecular complexity index is 377. The third-order valence-corrected chi connectivity index (χ3v) is 3.23. The molecule has 1 aromatic carbocycles. The van der Waals surface area contributed by atoms with E-state index in [0.29, 0.717) is 6.42 Å². The quantitative estimate of drug-likeness (QED) is 0.634. The Morgan fingerprint density at radius 1 is 1.11 bits per heavy atom. The highest BCUT2D eigenvalue weighted by Crippen LogP contribution is 2.15. The summed E-state index contributed by atoms with van der Waals surface area (Å²) >= 11 is 0. The molecule has 0 fully saturated rings. The molecule has 0 aromatic heterocycles. The summed E-state index contributed by atoms with van der Waals surface area (Å²) < 4.78 is 0. The lowest BCUT2D eigenvalue weighted by atomic mass is 10.1. The van der Waals surface area contributed by atoms with Gasteiger partial charge in [0, 0.05) is 12.2 Å². The number of rotatable bonds is 10. The van der Waals surface area contributed by atoms with E-state index >= 15 is 0 Å². The number of nitrogens with one attached hydrogen (secondary N) is 1. The number of carbonyl (C=O) groups is 1. The first kappa shape index (κ1) is 15.5. The van der Waals surface area contributed by atoms with Crippen LogP contribution in [0.2, 0.25) is 0 Å². The lowest BCUT2D eigenvalue weighted by Gasteiger charge is -2.10. The number of primary amides is 1. The Morgan fingerprint density at radius 3 is 2.53 bits per heavy atom. The summed E-state index contributed by atoms with van der Waals surface area (Å²) in [5, 5.41) is 3.40. The van der Waals surface area contributed by atoms with Crippen LogP contribution in [0, 0.1) is 0 Å². The molecule has 19 heavy (non-hydrogen) atoms. The summed E-state index contributed by atoms with van der Waals surface area (Å²) in [5.41, 5.74) is 7.27. The molecule has 0 radical (unpaired) electrons. The topological polar surface area (TPSA) is 55.1 Å². The minimum Gasteiger partial charge on any atom is -0.385 e. The third-order valence-electron chi connectivity index (χ3n) is 3.23. The van der Waals surface area contributed by atoms with Gasteiger partial charge in [-0.1, -0.05) is 57.2 Å². The lowest BCUT2D eigenvalue weighted by Crippen LogP contribution is -2.15. The summed E-state index contributed by atoms with van der Waals surface area (Å²) in [4.78, 5) is 11.0. The molecule has 0 aliphatic heterocycles. The minimum atomic E-state index is -0.284. The largest absolute Gasteiger partial charge is 0.385 e. The maximum atomic E-state index is 11.0. The summed E-state index contributed by atoms with van der Waals surface area (Å²) in [6, 6.07) is 7.88. The lowest BCUT2D eigenvalue weighted by molar-refractivity contribution is -0.117. The van der Waals surface area contributed by atoms with E-state index < -0.39 is 0 Å². The van der Waals surface area contributed by atoms with Crippen molar-refractivity contribution < 1.29 is 4.79 Å². The van der Waals surface area contributed by atoms with Gasteiger partial charge in [-0.15, -0.1) is 0 Å². The first-order valence-corrected chi connectivity index (χ1v) is 7.34. The van der Waals surface area contributed by atoms with E-state index in [4.69, 9.17) is 5.73 Å². The zero-order chi connectivity index (χ0) is 13.9. The number of benzene rings is 1. The second-order valence-electron chi connectivity index (χ2n) is 4.99. The van der Waals surface area contributed by atoms with E-state index in [2.05, 4.69) is 12.2 Å². The zero-order valence-electron chi connectivity index (χ0n) is 12.0. The second kappa shape index (κ2) is 9.42. The summed E-state index contributed by atoms with van der Waals surface area (Å²) in [7, 11) is 0. The Balaban J connectivity index is 2.26. The van der Waals surface area contributed by atoms with Crippen LogP contribution < -0.4 is 11.1 Å². The van der Waals surface area contributed by atoms with Gasteiger partial charge >= 0.3 is 0 Å². The predicted octanol–water partition coefficient (Wildman–Crippen LogP) is 3.49. The van der Waals surface area contributed by atoms with Gasteiger partial charge in [-0.05, 0) is 18.1 Å². The Hall–Kier alpha value is -1.51. The molecular formula is C16H26N2O. The molecule has 3 N–H and O–H groups in total. The van der Waals surface area contributed by atoms with Crippen molar-refractivity contribution in [2.45, 2.75) is 51.9 Å². The molecule has 106 valence electrons. The molecule has 0 heterocycles. The van der Waals surface area contributed by atoms with Crippen molar-refractivity contribution in [1.82, 2.24) is 0 Å². The second-order valence-corrected chi connectivity index (χ2v) is 4.99. The van der Waals surface area contributed by atoms with Crippen LogP contribution in [0.4, 0.5) is 5.69 Å². The van der Waals surface area contributed by atoms with Crippen molar-refractivity contribution in [2.24, 2.45) is 5.73 Å². The van der Waals surface area contributed by atoms with Crippen LogP contribution in [-0.2, 0) is 11.2 Å². The molecule has 1 aromatic rings. The zero-order valence-corrected chi connectivity index (χ0v) is 12.0. The van der Waals surface area contributed by atoms with Gasteiger partial charge in [0.05, 0.1) is 6.42 Å². The standard InChI is InChI=1S/C16H26N2O/c1-2-3-4-5-6-9-12-18-15-11-8-7-10-14(15)13-16(17)19/h7-8,10-11,18H,2-6,9,12-13H2,1H3,(H2,17,19). The van der Waals surface area contributed by atoms with Crippen LogP contribution in [0.15, 0.2) is 24.3 Å². The molecule has 3 nitrogen and oxygen atoms in total. The van der Waals surface area contributed by atoms with Crippen molar-refractivity contribution in [3.05, 3.63) is 29.8 Å². The van der Waals surface area contributed by atoms with Crippen LogP contribution in [0.25, 0.3) is 0 Å². The van der Waals surface area contributed by atoms with Gasteiger partial charge in [0.1, 0.15) is 0 Å². The molecule has 1 amide bonds.